The summed E-state index contributed by atoms with van der Waals surface area (Å²) in [6.45, 7) is 0.452. The normalized spacial score (nSPS) is 13.4. The van der Waals surface area contributed by atoms with E-state index in [0.29, 0.717) is 18.7 Å². The summed E-state index contributed by atoms with van der Waals surface area (Å²) in [4.78, 5) is 0. The molecular formula is C6H10N2O2. The summed E-state index contributed by atoms with van der Waals surface area (Å²) in [5, 5.41) is 12.8. The van der Waals surface area contributed by atoms with Crippen LogP contribution in [0.25, 0.3) is 0 Å². The molecule has 0 aliphatic heterocycles. The third kappa shape index (κ3) is 1.55. The molecule has 4 nitrogen and oxygen atoms in total. The number of hydrogen-bond acceptors (Lipinski definition) is 4. The summed E-state index contributed by atoms with van der Waals surface area (Å²) < 4.78 is 4.53. The Labute approximate surface area is 58.6 Å². The maximum Gasteiger partial charge on any atom is 0.124 e. The highest BCUT2D eigenvalue weighted by molar-refractivity contribution is 4.99. The van der Waals surface area contributed by atoms with E-state index in [4.69, 9.17) is 5.73 Å². The lowest BCUT2D eigenvalue weighted by Gasteiger charge is -2.02. The van der Waals surface area contributed by atoms with E-state index in [2.05, 4.69) is 9.68 Å². The van der Waals surface area contributed by atoms with Crippen molar-refractivity contribution < 1.29 is 9.63 Å². The largest absolute Gasteiger partial charge is 0.387 e. The molecule has 0 bridgehead atoms. The van der Waals surface area contributed by atoms with Gasteiger partial charge in [0.15, 0.2) is 0 Å². The zero-order valence-electron chi connectivity index (χ0n) is 5.53. The quantitative estimate of drug-likeness (QED) is 0.625. The molecule has 0 aromatic carbocycles. The van der Waals surface area contributed by atoms with Crippen molar-refractivity contribution in [2.24, 2.45) is 5.73 Å². The fourth-order valence-corrected chi connectivity index (χ4v) is 0.700. The molecule has 0 aliphatic carbocycles. The number of nitrogens with two attached hydrogens (primary N) is 1. The summed E-state index contributed by atoms with van der Waals surface area (Å²) in [5.41, 5.74) is 5.76. The molecule has 0 radical (unpaired) electrons. The van der Waals surface area contributed by atoms with Crippen molar-refractivity contribution in [2.45, 2.75) is 12.5 Å². The Morgan fingerprint density at radius 2 is 2.60 bits per heavy atom. The maximum absolute atomic E-state index is 9.21. The lowest BCUT2D eigenvalue weighted by molar-refractivity contribution is 0.160. The van der Waals surface area contributed by atoms with E-state index in [1.807, 2.05) is 0 Å². The van der Waals surface area contributed by atoms with E-state index in [9.17, 15) is 5.11 Å². The average Bonchev–Trinajstić information content (AvgIpc) is 2.38. The van der Waals surface area contributed by atoms with Crippen molar-refractivity contribution in [3.05, 3.63) is 18.0 Å². The van der Waals surface area contributed by atoms with Crippen LogP contribution < -0.4 is 5.73 Å². The van der Waals surface area contributed by atoms with E-state index >= 15 is 0 Å². The highest BCUT2D eigenvalue weighted by Gasteiger charge is 2.07. The first kappa shape index (κ1) is 7.24. The lowest BCUT2D eigenvalue weighted by atomic mass is 10.2. The lowest BCUT2D eigenvalue weighted by Crippen LogP contribution is -2.06. The zero-order chi connectivity index (χ0) is 7.40. The van der Waals surface area contributed by atoms with Crippen LogP contribution in [0, 0.1) is 0 Å². The van der Waals surface area contributed by atoms with Crippen LogP contribution in [-0.4, -0.2) is 16.8 Å². The first-order valence-electron chi connectivity index (χ1n) is 3.13. The summed E-state index contributed by atoms with van der Waals surface area (Å²) in [6.07, 6.45) is 1.37. The Balaban J connectivity index is 2.50. The number of rotatable bonds is 3. The minimum Gasteiger partial charge on any atom is -0.387 e. The second-order valence-electron chi connectivity index (χ2n) is 2.02. The predicted octanol–water partition coefficient (Wildman–Crippen LogP) is 0.0568. The summed E-state index contributed by atoms with van der Waals surface area (Å²) in [6, 6.07) is 1.63. The summed E-state index contributed by atoms with van der Waals surface area (Å²) in [7, 11) is 0. The third-order valence-corrected chi connectivity index (χ3v) is 1.24. The second kappa shape index (κ2) is 3.34. The van der Waals surface area contributed by atoms with Crippen molar-refractivity contribution in [1.82, 2.24) is 5.16 Å². The topological polar surface area (TPSA) is 72.3 Å². The van der Waals surface area contributed by atoms with Crippen molar-refractivity contribution in [1.29, 1.82) is 0 Å². The van der Waals surface area contributed by atoms with Gasteiger partial charge in [0.25, 0.3) is 0 Å². The molecule has 0 spiro atoms. The molecule has 0 fully saturated rings. The molecular weight excluding hydrogens is 132 g/mol. The van der Waals surface area contributed by atoms with Gasteiger partial charge in [-0.2, -0.15) is 0 Å². The third-order valence-electron chi connectivity index (χ3n) is 1.24. The molecule has 1 rings (SSSR count). The van der Waals surface area contributed by atoms with E-state index in [1.54, 1.807) is 6.07 Å². The SMILES string of the molecule is NCC[C@H](O)c1ccon1. The van der Waals surface area contributed by atoms with Gasteiger partial charge in [0.2, 0.25) is 0 Å². The Kier molecular flexibility index (Phi) is 2.42. The van der Waals surface area contributed by atoms with Crippen LogP contribution in [0.3, 0.4) is 0 Å². The van der Waals surface area contributed by atoms with Crippen LogP contribution in [0.5, 0.6) is 0 Å². The molecule has 4 heteroatoms. The van der Waals surface area contributed by atoms with Gasteiger partial charge >= 0.3 is 0 Å². The van der Waals surface area contributed by atoms with Gasteiger partial charge in [-0.05, 0) is 13.0 Å². The van der Waals surface area contributed by atoms with Gasteiger partial charge in [-0.25, -0.2) is 0 Å². The van der Waals surface area contributed by atoms with Gasteiger partial charge in [0.05, 0.1) is 0 Å². The second-order valence-corrected chi connectivity index (χ2v) is 2.02. The molecule has 56 valence electrons. The standard InChI is InChI=1S/C6H10N2O2/c7-3-1-6(9)5-2-4-10-8-5/h2,4,6,9H,1,3,7H2/t6-/m0/s1. The molecule has 0 saturated carbocycles. The molecule has 10 heavy (non-hydrogen) atoms. The fraction of sp³-hybridized carbons (Fsp3) is 0.500. The molecule has 1 aromatic heterocycles. The average molecular weight is 142 g/mol. The van der Waals surface area contributed by atoms with Gasteiger partial charge in [-0.1, -0.05) is 5.16 Å². The molecule has 0 amide bonds. The monoisotopic (exact) mass is 142 g/mol. The number of aliphatic hydroxyl groups is 1. The molecule has 0 aliphatic rings. The maximum atomic E-state index is 9.21. The molecule has 1 atom stereocenters. The Bertz CT molecular complexity index is 174. The Hall–Kier alpha value is -0.870. The van der Waals surface area contributed by atoms with E-state index < -0.39 is 6.10 Å². The smallest absolute Gasteiger partial charge is 0.124 e. The highest BCUT2D eigenvalue weighted by atomic mass is 16.5. The van der Waals surface area contributed by atoms with Gasteiger partial charge in [0, 0.05) is 6.07 Å². The minimum absolute atomic E-state index is 0.452. The minimum atomic E-state index is -0.580. The van der Waals surface area contributed by atoms with Crippen molar-refractivity contribution in [3.63, 3.8) is 0 Å². The predicted molar refractivity (Wildman–Crippen MR) is 35.1 cm³/mol. The van der Waals surface area contributed by atoms with Crippen LogP contribution >= 0.6 is 0 Å². The molecule has 1 heterocycles. The van der Waals surface area contributed by atoms with Gasteiger partial charge in [0.1, 0.15) is 18.1 Å². The van der Waals surface area contributed by atoms with Gasteiger partial charge in [-0.15, -0.1) is 0 Å². The summed E-state index contributed by atoms with van der Waals surface area (Å²) >= 11 is 0. The number of nitrogens with zero attached hydrogens (tertiary/aromatic N) is 1. The van der Waals surface area contributed by atoms with E-state index in [-0.39, 0.29) is 0 Å². The molecule has 0 saturated heterocycles. The van der Waals surface area contributed by atoms with Crippen LogP contribution in [0.2, 0.25) is 0 Å². The highest BCUT2D eigenvalue weighted by Crippen LogP contribution is 2.11. The van der Waals surface area contributed by atoms with Crippen molar-refractivity contribution >= 4 is 0 Å². The number of hydrogen-bond donors (Lipinski definition) is 2. The van der Waals surface area contributed by atoms with E-state index in [0.717, 1.165) is 0 Å². The van der Waals surface area contributed by atoms with Gasteiger partial charge in [-0.3, -0.25) is 0 Å². The fourth-order valence-electron chi connectivity index (χ4n) is 0.700. The Morgan fingerprint density at radius 1 is 1.80 bits per heavy atom. The number of aromatic nitrogens is 1. The molecule has 0 unspecified atom stereocenters. The van der Waals surface area contributed by atoms with Crippen LogP contribution in [0.4, 0.5) is 0 Å². The van der Waals surface area contributed by atoms with Crippen LogP contribution in [-0.2, 0) is 0 Å². The zero-order valence-corrected chi connectivity index (χ0v) is 5.53. The van der Waals surface area contributed by atoms with E-state index in [1.165, 1.54) is 6.26 Å². The van der Waals surface area contributed by atoms with Gasteiger partial charge < -0.3 is 15.4 Å². The molecule has 3 N–H and O–H groups in total. The summed E-state index contributed by atoms with van der Waals surface area (Å²) in [5.74, 6) is 0. The van der Waals surface area contributed by atoms with Crippen LogP contribution in [0.15, 0.2) is 16.9 Å². The first-order chi connectivity index (χ1) is 4.84. The van der Waals surface area contributed by atoms with Crippen LogP contribution in [0.1, 0.15) is 18.2 Å². The Morgan fingerprint density at radius 3 is 3.10 bits per heavy atom. The first-order valence-corrected chi connectivity index (χ1v) is 3.13. The number of aliphatic hydroxyl groups excluding tert-OH is 1. The molecule has 1 aromatic rings. The van der Waals surface area contributed by atoms with Crippen molar-refractivity contribution in [3.8, 4) is 0 Å². The van der Waals surface area contributed by atoms with Crippen molar-refractivity contribution in [2.75, 3.05) is 6.54 Å².